The molecular formula is C17H15Cl2N5O. The predicted molar refractivity (Wildman–Crippen MR) is 95.8 cm³/mol. The number of carbonyl (C=O) groups is 1. The molecule has 0 fully saturated rings. The third-order valence-electron chi connectivity index (χ3n) is 3.60. The van der Waals surface area contributed by atoms with Crippen molar-refractivity contribution in [2.24, 2.45) is 0 Å². The summed E-state index contributed by atoms with van der Waals surface area (Å²) in [5.74, 6) is -0.102. The Morgan fingerprint density at radius 3 is 2.56 bits per heavy atom. The molecule has 2 aromatic heterocycles. The molecular weight excluding hydrogens is 361 g/mol. The van der Waals surface area contributed by atoms with E-state index in [0.717, 1.165) is 11.3 Å². The van der Waals surface area contributed by atoms with Gasteiger partial charge < -0.3 is 5.32 Å². The molecule has 0 aliphatic rings. The fraction of sp³-hybridized carbons (Fsp3) is 0.176. The number of nitrogens with one attached hydrogen (secondary N) is 1. The van der Waals surface area contributed by atoms with Crippen LogP contribution < -0.4 is 5.32 Å². The summed E-state index contributed by atoms with van der Waals surface area (Å²) in [6.07, 6.45) is 5.90. The van der Waals surface area contributed by atoms with Gasteiger partial charge in [-0.15, -0.1) is 5.10 Å². The van der Waals surface area contributed by atoms with Gasteiger partial charge in [0.05, 0.1) is 18.4 Å². The summed E-state index contributed by atoms with van der Waals surface area (Å²) in [5, 5.41) is 12.0. The number of amides is 1. The summed E-state index contributed by atoms with van der Waals surface area (Å²) in [6.45, 7) is 0.306. The second kappa shape index (κ2) is 8.09. The van der Waals surface area contributed by atoms with Crippen molar-refractivity contribution in [1.82, 2.24) is 25.3 Å². The van der Waals surface area contributed by atoms with Crippen LogP contribution in [0.4, 0.5) is 0 Å². The number of carbonyl (C=O) groups excluding carboxylic acids is 1. The fourth-order valence-corrected chi connectivity index (χ4v) is 2.88. The van der Waals surface area contributed by atoms with E-state index in [1.165, 1.54) is 0 Å². The molecule has 0 radical (unpaired) electrons. The smallest absolute Gasteiger partial charge is 0.220 e. The number of hydrogen-bond acceptors (Lipinski definition) is 4. The molecule has 0 atom stereocenters. The van der Waals surface area contributed by atoms with Gasteiger partial charge in [-0.3, -0.25) is 9.78 Å². The van der Waals surface area contributed by atoms with Crippen LogP contribution in [0, 0.1) is 0 Å². The maximum Gasteiger partial charge on any atom is 0.220 e. The van der Waals surface area contributed by atoms with Gasteiger partial charge in [0, 0.05) is 28.9 Å². The zero-order valence-electron chi connectivity index (χ0n) is 13.2. The molecule has 0 bridgehead atoms. The molecule has 0 spiro atoms. The first-order valence-corrected chi connectivity index (χ1v) is 8.40. The molecule has 1 amide bonds. The first-order valence-electron chi connectivity index (χ1n) is 7.64. The average Bonchev–Trinajstić information content (AvgIpc) is 3.09. The number of pyridine rings is 1. The second-order valence-electron chi connectivity index (χ2n) is 5.34. The number of halogens is 2. The van der Waals surface area contributed by atoms with Crippen molar-refractivity contribution in [1.29, 1.82) is 0 Å². The molecule has 1 N–H and O–H groups in total. The summed E-state index contributed by atoms with van der Waals surface area (Å²) in [7, 11) is 0. The van der Waals surface area contributed by atoms with Crippen LogP contribution in [0.2, 0.25) is 10.0 Å². The van der Waals surface area contributed by atoms with Crippen LogP contribution in [0.3, 0.4) is 0 Å². The van der Waals surface area contributed by atoms with Crippen LogP contribution >= 0.6 is 23.2 Å². The highest BCUT2D eigenvalue weighted by Gasteiger charge is 2.09. The molecule has 0 unspecified atom stereocenters. The number of nitrogens with zero attached hydrogens (tertiary/aromatic N) is 4. The van der Waals surface area contributed by atoms with Crippen LogP contribution in [0.15, 0.2) is 48.9 Å². The van der Waals surface area contributed by atoms with E-state index in [1.54, 1.807) is 41.5 Å². The third-order valence-corrected chi connectivity index (χ3v) is 4.31. The monoisotopic (exact) mass is 375 g/mol. The van der Waals surface area contributed by atoms with E-state index in [2.05, 4.69) is 20.6 Å². The lowest BCUT2D eigenvalue weighted by molar-refractivity contribution is -0.121. The van der Waals surface area contributed by atoms with E-state index >= 15 is 0 Å². The van der Waals surface area contributed by atoms with E-state index in [0.29, 0.717) is 35.1 Å². The molecule has 128 valence electrons. The minimum absolute atomic E-state index is 0.102. The number of hydrogen-bond donors (Lipinski definition) is 1. The van der Waals surface area contributed by atoms with E-state index in [-0.39, 0.29) is 5.91 Å². The zero-order valence-corrected chi connectivity index (χ0v) is 14.7. The minimum Gasteiger partial charge on any atom is -0.350 e. The topological polar surface area (TPSA) is 72.7 Å². The highest BCUT2D eigenvalue weighted by atomic mass is 35.5. The lowest BCUT2D eigenvalue weighted by Crippen LogP contribution is -2.23. The van der Waals surface area contributed by atoms with Gasteiger partial charge in [-0.2, -0.15) is 0 Å². The van der Waals surface area contributed by atoms with Crippen LogP contribution in [-0.4, -0.2) is 25.9 Å². The summed E-state index contributed by atoms with van der Waals surface area (Å²) in [4.78, 5) is 16.0. The molecule has 0 aliphatic carbocycles. The number of benzene rings is 1. The lowest BCUT2D eigenvalue weighted by Gasteiger charge is -2.07. The Bertz CT molecular complexity index is 846. The van der Waals surface area contributed by atoms with Crippen molar-refractivity contribution in [3.8, 4) is 5.69 Å². The Morgan fingerprint density at radius 2 is 1.84 bits per heavy atom. The first kappa shape index (κ1) is 17.4. The molecule has 3 rings (SSSR count). The first-order chi connectivity index (χ1) is 12.1. The van der Waals surface area contributed by atoms with Crippen molar-refractivity contribution < 1.29 is 4.79 Å². The van der Waals surface area contributed by atoms with Gasteiger partial charge in [0.25, 0.3) is 0 Å². The van der Waals surface area contributed by atoms with Gasteiger partial charge in [0.15, 0.2) is 0 Å². The van der Waals surface area contributed by atoms with Crippen molar-refractivity contribution >= 4 is 29.1 Å². The van der Waals surface area contributed by atoms with Crippen LogP contribution in [0.25, 0.3) is 5.69 Å². The van der Waals surface area contributed by atoms with Crippen LogP contribution in [0.1, 0.15) is 17.7 Å². The predicted octanol–water partition coefficient (Wildman–Crippen LogP) is 3.22. The highest BCUT2D eigenvalue weighted by molar-refractivity contribution is 6.36. The van der Waals surface area contributed by atoms with Gasteiger partial charge >= 0.3 is 0 Å². The van der Waals surface area contributed by atoms with E-state index in [1.807, 2.05) is 12.1 Å². The number of rotatable bonds is 6. The SMILES string of the molecule is O=C(CCc1c(Cl)cccc1Cl)NCc1cn(-c2ccncc2)nn1. The Kier molecular flexibility index (Phi) is 5.63. The van der Waals surface area contributed by atoms with Crippen LogP contribution in [-0.2, 0) is 17.8 Å². The van der Waals surface area contributed by atoms with E-state index in [9.17, 15) is 4.79 Å². The van der Waals surface area contributed by atoms with Gasteiger partial charge in [-0.1, -0.05) is 34.5 Å². The maximum atomic E-state index is 12.0. The van der Waals surface area contributed by atoms with Crippen LogP contribution in [0.5, 0.6) is 0 Å². The van der Waals surface area contributed by atoms with Crippen molar-refractivity contribution in [2.45, 2.75) is 19.4 Å². The minimum atomic E-state index is -0.102. The van der Waals surface area contributed by atoms with Crippen molar-refractivity contribution in [2.75, 3.05) is 0 Å². The van der Waals surface area contributed by atoms with Crippen molar-refractivity contribution in [3.63, 3.8) is 0 Å². The zero-order chi connectivity index (χ0) is 17.6. The summed E-state index contributed by atoms with van der Waals surface area (Å²) in [6, 6.07) is 8.95. The second-order valence-corrected chi connectivity index (χ2v) is 6.15. The highest BCUT2D eigenvalue weighted by Crippen LogP contribution is 2.25. The lowest BCUT2D eigenvalue weighted by atomic mass is 10.1. The average molecular weight is 376 g/mol. The van der Waals surface area contributed by atoms with Gasteiger partial charge in [0.1, 0.15) is 5.69 Å². The molecule has 1 aromatic carbocycles. The van der Waals surface area contributed by atoms with Gasteiger partial charge in [0.2, 0.25) is 5.91 Å². The van der Waals surface area contributed by atoms with Crippen molar-refractivity contribution in [3.05, 3.63) is 70.2 Å². The van der Waals surface area contributed by atoms with Gasteiger partial charge in [-0.25, -0.2) is 4.68 Å². The quantitative estimate of drug-likeness (QED) is 0.717. The molecule has 8 heteroatoms. The Morgan fingerprint density at radius 1 is 1.12 bits per heavy atom. The largest absolute Gasteiger partial charge is 0.350 e. The molecule has 3 aromatic rings. The summed E-state index contributed by atoms with van der Waals surface area (Å²) in [5.41, 5.74) is 2.30. The third kappa shape index (κ3) is 4.55. The summed E-state index contributed by atoms with van der Waals surface area (Å²) >= 11 is 12.2. The molecule has 0 saturated heterocycles. The standard InChI is InChI=1S/C17H15Cl2N5O/c18-15-2-1-3-16(19)14(15)4-5-17(25)21-10-12-11-24(23-22-12)13-6-8-20-9-7-13/h1-3,6-9,11H,4-5,10H2,(H,21,25). The molecule has 6 nitrogen and oxygen atoms in total. The Hall–Kier alpha value is -2.44. The maximum absolute atomic E-state index is 12.0. The van der Waals surface area contributed by atoms with E-state index in [4.69, 9.17) is 23.2 Å². The van der Waals surface area contributed by atoms with E-state index < -0.39 is 0 Å². The fourth-order valence-electron chi connectivity index (χ4n) is 2.29. The number of aromatic nitrogens is 4. The molecule has 0 aliphatic heterocycles. The Labute approximate surface area is 154 Å². The Balaban J connectivity index is 1.52. The normalized spacial score (nSPS) is 10.6. The van der Waals surface area contributed by atoms with Gasteiger partial charge in [-0.05, 0) is 36.2 Å². The molecule has 25 heavy (non-hydrogen) atoms. The molecule has 0 saturated carbocycles. The molecule has 2 heterocycles. The summed E-state index contributed by atoms with van der Waals surface area (Å²) < 4.78 is 1.63.